The van der Waals surface area contributed by atoms with E-state index in [9.17, 15) is 5.11 Å². The molecule has 3 rings (SSSR count). The molecule has 0 radical (unpaired) electrons. The van der Waals surface area contributed by atoms with Crippen LogP contribution in [0, 0.1) is 0 Å². The van der Waals surface area contributed by atoms with Crippen LogP contribution in [0.25, 0.3) is 5.31 Å². The first kappa shape index (κ1) is 11.6. The van der Waals surface area contributed by atoms with Crippen molar-refractivity contribution in [3.05, 3.63) is 71.5 Å². The van der Waals surface area contributed by atoms with Crippen LogP contribution in [0.3, 0.4) is 0 Å². The number of hydrogen-bond donors (Lipinski definition) is 1. The fourth-order valence-electron chi connectivity index (χ4n) is 2.29. The molecule has 1 aliphatic rings. The molecule has 0 fully saturated rings. The average Bonchev–Trinajstić information content (AvgIpc) is 3.15. The first-order valence-electron chi connectivity index (χ1n) is 6.16. The van der Waals surface area contributed by atoms with Crippen molar-refractivity contribution in [3.63, 3.8) is 0 Å². The Morgan fingerprint density at radius 1 is 0.833 bits per heavy atom. The van der Waals surface area contributed by atoms with Crippen molar-refractivity contribution < 1.29 is 5.11 Å². The predicted octanol–water partition coefficient (Wildman–Crippen LogP) is 3.56. The smallest absolute Gasteiger partial charge is 0.0472 e. The molecule has 1 heterocycles. The predicted molar refractivity (Wildman–Crippen MR) is 78.1 cm³/mol. The van der Waals surface area contributed by atoms with E-state index in [2.05, 4.69) is 54.6 Å². The summed E-state index contributed by atoms with van der Waals surface area (Å²) in [4.78, 5) is 0. The first-order valence-corrected chi connectivity index (χ1v) is 7.50. The fourth-order valence-corrected chi connectivity index (χ4v) is 4.85. The molecule has 0 amide bonds. The Morgan fingerprint density at radius 2 is 1.44 bits per heavy atom. The van der Waals surface area contributed by atoms with Gasteiger partial charge in [-0.25, -0.2) is 0 Å². The molecule has 1 aliphatic heterocycles. The maximum atomic E-state index is 9.18. The third-order valence-corrected chi connectivity index (χ3v) is 5.68. The molecule has 0 spiro atoms. The highest BCUT2D eigenvalue weighted by Gasteiger charge is 2.37. The largest absolute Gasteiger partial charge is 0.396 e. The van der Waals surface area contributed by atoms with Crippen LogP contribution >= 0.6 is 7.92 Å². The second-order valence-corrected chi connectivity index (χ2v) is 6.48. The average molecular weight is 254 g/mol. The fraction of sp³-hybridized carbons (Fsp3) is 0.125. The normalized spacial score (nSPS) is 17.9. The lowest BCUT2D eigenvalue weighted by Gasteiger charge is -2.02. The van der Waals surface area contributed by atoms with Crippen molar-refractivity contribution in [2.24, 2.45) is 0 Å². The topological polar surface area (TPSA) is 20.2 Å². The van der Waals surface area contributed by atoms with Crippen molar-refractivity contribution in [2.75, 3.05) is 6.61 Å². The summed E-state index contributed by atoms with van der Waals surface area (Å²) in [7, 11) is -0.281. The van der Waals surface area contributed by atoms with Gasteiger partial charge in [0, 0.05) is 6.61 Å². The molecule has 0 bridgehead atoms. The van der Waals surface area contributed by atoms with Crippen LogP contribution in [0.2, 0.25) is 0 Å². The maximum absolute atomic E-state index is 9.18. The molecule has 1 unspecified atom stereocenters. The van der Waals surface area contributed by atoms with Gasteiger partial charge in [0.05, 0.1) is 0 Å². The SMILES string of the molecule is OCCC1=C(c2ccccc2)P1c1ccccc1. The van der Waals surface area contributed by atoms with E-state index in [1.807, 2.05) is 6.07 Å². The molecule has 0 aromatic heterocycles. The molecule has 2 heteroatoms. The summed E-state index contributed by atoms with van der Waals surface area (Å²) in [5.41, 5.74) is 1.32. The number of benzene rings is 2. The second-order valence-electron chi connectivity index (χ2n) is 4.31. The lowest BCUT2D eigenvalue weighted by atomic mass is 10.2. The lowest BCUT2D eigenvalue weighted by molar-refractivity contribution is 0.302. The highest BCUT2D eigenvalue weighted by Crippen LogP contribution is 2.74. The number of aliphatic hydroxyl groups is 1. The van der Waals surface area contributed by atoms with Crippen molar-refractivity contribution >= 4 is 18.5 Å². The monoisotopic (exact) mass is 254 g/mol. The minimum atomic E-state index is -0.281. The Bertz CT molecular complexity index is 560. The zero-order valence-corrected chi connectivity index (χ0v) is 11.0. The van der Waals surface area contributed by atoms with Gasteiger partial charge in [-0.1, -0.05) is 60.7 Å². The van der Waals surface area contributed by atoms with Crippen LogP contribution in [0.4, 0.5) is 0 Å². The van der Waals surface area contributed by atoms with Gasteiger partial charge in [-0.3, -0.25) is 0 Å². The van der Waals surface area contributed by atoms with Gasteiger partial charge in [-0.2, -0.15) is 0 Å². The molecule has 1 nitrogen and oxygen atoms in total. The summed E-state index contributed by atoms with van der Waals surface area (Å²) in [6, 6.07) is 21.2. The van der Waals surface area contributed by atoms with Gasteiger partial charge in [0.2, 0.25) is 0 Å². The second kappa shape index (κ2) is 5.06. The van der Waals surface area contributed by atoms with Crippen LogP contribution in [-0.4, -0.2) is 11.7 Å². The van der Waals surface area contributed by atoms with E-state index in [4.69, 9.17) is 0 Å². The number of aliphatic hydroxyl groups excluding tert-OH is 1. The molecule has 18 heavy (non-hydrogen) atoms. The van der Waals surface area contributed by atoms with Crippen molar-refractivity contribution in [3.8, 4) is 0 Å². The van der Waals surface area contributed by atoms with E-state index in [1.54, 1.807) is 0 Å². The van der Waals surface area contributed by atoms with Crippen molar-refractivity contribution in [2.45, 2.75) is 6.42 Å². The van der Waals surface area contributed by atoms with E-state index in [1.165, 1.54) is 21.5 Å². The Balaban J connectivity index is 1.92. The number of rotatable bonds is 4. The third-order valence-electron chi connectivity index (χ3n) is 3.13. The third kappa shape index (κ3) is 2.12. The standard InChI is InChI=1S/C16H15OP/c17-12-11-15-16(13-7-3-1-4-8-13)18(15)14-9-5-2-6-10-14/h1-10,17H,11-12H2. The molecule has 2 aromatic carbocycles. The van der Waals surface area contributed by atoms with Crippen LogP contribution in [0.1, 0.15) is 12.0 Å². The minimum Gasteiger partial charge on any atom is -0.396 e. The molecule has 0 saturated heterocycles. The quantitative estimate of drug-likeness (QED) is 0.827. The first-order chi connectivity index (χ1) is 8.92. The highest BCUT2D eigenvalue weighted by molar-refractivity contribution is 7.87. The van der Waals surface area contributed by atoms with E-state index in [-0.39, 0.29) is 14.5 Å². The molecule has 90 valence electrons. The molecule has 0 aliphatic carbocycles. The van der Waals surface area contributed by atoms with E-state index in [0.29, 0.717) is 0 Å². The Hall–Kier alpha value is -1.43. The number of hydrogen-bond acceptors (Lipinski definition) is 1. The van der Waals surface area contributed by atoms with E-state index in [0.717, 1.165) is 6.42 Å². The van der Waals surface area contributed by atoms with Crippen molar-refractivity contribution in [1.82, 2.24) is 0 Å². The van der Waals surface area contributed by atoms with Gasteiger partial charge in [-0.15, -0.1) is 0 Å². The summed E-state index contributed by atoms with van der Waals surface area (Å²) in [6.45, 7) is 0.247. The van der Waals surface area contributed by atoms with E-state index >= 15 is 0 Å². The molecule has 1 atom stereocenters. The van der Waals surface area contributed by atoms with Crippen LogP contribution in [0.5, 0.6) is 0 Å². The minimum absolute atomic E-state index is 0.247. The summed E-state index contributed by atoms with van der Waals surface area (Å²) in [5, 5.41) is 13.5. The van der Waals surface area contributed by atoms with Crippen LogP contribution in [0.15, 0.2) is 66.0 Å². The Labute approximate surface area is 109 Å². The lowest BCUT2D eigenvalue weighted by Crippen LogP contribution is -1.92. The zero-order valence-electron chi connectivity index (χ0n) is 10.1. The van der Waals surface area contributed by atoms with Gasteiger partial charge in [0.1, 0.15) is 0 Å². The summed E-state index contributed by atoms with van der Waals surface area (Å²) in [6.07, 6.45) is 0.810. The molecule has 1 N–H and O–H groups in total. The molecular formula is C16H15OP. The molecular weight excluding hydrogens is 239 g/mol. The van der Waals surface area contributed by atoms with Gasteiger partial charge < -0.3 is 5.11 Å². The summed E-state index contributed by atoms with van der Waals surface area (Å²) in [5.74, 6) is 0. The van der Waals surface area contributed by atoms with E-state index < -0.39 is 0 Å². The van der Waals surface area contributed by atoms with Gasteiger partial charge >= 0.3 is 0 Å². The van der Waals surface area contributed by atoms with Crippen LogP contribution < -0.4 is 5.30 Å². The molecule has 2 aromatic rings. The van der Waals surface area contributed by atoms with Crippen LogP contribution in [-0.2, 0) is 0 Å². The zero-order chi connectivity index (χ0) is 12.4. The van der Waals surface area contributed by atoms with Gasteiger partial charge in [0.15, 0.2) is 0 Å². The molecule has 0 saturated carbocycles. The summed E-state index contributed by atoms with van der Waals surface area (Å²) >= 11 is 0. The Morgan fingerprint density at radius 3 is 2.06 bits per heavy atom. The van der Waals surface area contributed by atoms with Gasteiger partial charge in [-0.05, 0) is 35.8 Å². The van der Waals surface area contributed by atoms with Gasteiger partial charge in [0.25, 0.3) is 0 Å². The maximum Gasteiger partial charge on any atom is 0.0472 e. The highest BCUT2D eigenvalue weighted by atomic mass is 31.1. The van der Waals surface area contributed by atoms with Crippen molar-refractivity contribution in [1.29, 1.82) is 0 Å². The summed E-state index contributed by atoms with van der Waals surface area (Å²) < 4.78 is 0. The Kier molecular flexibility index (Phi) is 3.27.